The lowest BCUT2D eigenvalue weighted by Gasteiger charge is -2.08. The predicted octanol–water partition coefficient (Wildman–Crippen LogP) is 3.19. The van der Waals surface area contributed by atoms with Crippen LogP contribution >= 0.6 is 0 Å². The summed E-state index contributed by atoms with van der Waals surface area (Å²) in [6, 6.07) is 14.1. The second kappa shape index (κ2) is 4.86. The minimum Gasteiger partial charge on any atom is -0.324 e. The molecule has 0 saturated heterocycles. The summed E-state index contributed by atoms with van der Waals surface area (Å²) in [4.78, 5) is 18.7. The molecule has 3 rings (SSSR count). The maximum Gasteiger partial charge on any atom is 0.227 e. The van der Waals surface area contributed by atoms with Crippen LogP contribution in [0.5, 0.6) is 0 Å². The van der Waals surface area contributed by atoms with E-state index in [4.69, 9.17) is 0 Å². The molecule has 0 fully saturated rings. The molecular weight excluding hydrogens is 238 g/mol. The molecule has 0 aliphatic heterocycles. The van der Waals surface area contributed by atoms with Gasteiger partial charge in [-0.25, -0.2) is 9.97 Å². The monoisotopic (exact) mass is 249 g/mol. The average Bonchev–Trinajstić information content (AvgIpc) is 2.48. The largest absolute Gasteiger partial charge is 0.324 e. The molecule has 1 heterocycles. The molecule has 1 N–H and O–H groups in total. The first-order valence-corrected chi connectivity index (χ1v) is 5.89. The highest BCUT2D eigenvalue weighted by atomic mass is 16.1. The molecule has 0 aliphatic carbocycles. The molecular formula is C15H11N3O. The fraction of sp³-hybridized carbons (Fsp3) is 0. The van der Waals surface area contributed by atoms with Gasteiger partial charge < -0.3 is 5.32 Å². The maximum atomic E-state index is 10.6. The number of fused-ring (bicyclic) bond motifs is 1. The van der Waals surface area contributed by atoms with Crippen LogP contribution in [0.2, 0.25) is 0 Å². The first kappa shape index (κ1) is 11.3. The van der Waals surface area contributed by atoms with Gasteiger partial charge in [-0.15, -0.1) is 0 Å². The molecule has 0 spiro atoms. The van der Waals surface area contributed by atoms with Crippen molar-refractivity contribution in [1.29, 1.82) is 0 Å². The zero-order chi connectivity index (χ0) is 13.1. The SMILES string of the molecule is O=Cc1cnc(Nc2cccc3ccccc23)nc1. The van der Waals surface area contributed by atoms with E-state index in [1.54, 1.807) is 0 Å². The second-order valence-electron chi connectivity index (χ2n) is 4.11. The third-order valence-electron chi connectivity index (χ3n) is 2.84. The molecule has 0 amide bonds. The van der Waals surface area contributed by atoms with E-state index in [0.29, 0.717) is 11.5 Å². The van der Waals surface area contributed by atoms with E-state index < -0.39 is 0 Å². The summed E-state index contributed by atoms with van der Waals surface area (Å²) < 4.78 is 0. The van der Waals surface area contributed by atoms with E-state index in [-0.39, 0.29) is 0 Å². The van der Waals surface area contributed by atoms with Crippen molar-refractivity contribution < 1.29 is 4.79 Å². The molecule has 0 saturated carbocycles. The highest BCUT2D eigenvalue weighted by Gasteiger charge is 2.02. The number of aldehydes is 1. The zero-order valence-corrected chi connectivity index (χ0v) is 10.1. The third-order valence-corrected chi connectivity index (χ3v) is 2.84. The number of anilines is 2. The van der Waals surface area contributed by atoms with E-state index >= 15 is 0 Å². The van der Waals surface area contributed by atoms with Crippen molar-refractivity contribution in [3.63, 3.8) is 0 Å². The number of hydrogen-bond acceptors (Lipinski definition) is 4. The van der Waals surface area contributed by atoms with Crippen molar-refractivity contribution in [2.75, 3.05) is 5.32 Å². The fourth-order valence-electron chi connectivity index (χ4n) is 1.92. The Morgan fingerprint density at radius 3 is 2.47 bits per heavy atom. The summed E-state index contributed by atoms with van der Waals surface area (Å²) in [6.07, 6.45) is 3.71. The Morgan fingerprint density at radius 2 is 1.68 bits per heavy atom. The van der Waals surface area contributed by atoms with Crippen LogP contribution in [0.3, 0.4) is 0 Å². The maximum absolute atomic E-state index is 10.6. The van der Waals surface area contributed by atoms with Gasteiger partial charge in [0, 0.05) is 23.5 Å². The van der Waals surface area contributed by atoms with E-state index in [0.717, 1.165) is 22.7 Å². The summed E-state index contributed by atoms with van der Waals surface area (Å²) >= 11 is 0. The van der Waals surface area contributed by atoms with Gasteiger partial charge >= 0.3 is 0 Å². The van der Waals surface area contributed by atoms with Gasteiger partial charge in [-0.1, -0.05) is 36.4 Å². The molecule has 0 radical (unpaired) electrons. The van der Waals surface area contributed by atoms with Crippen LogP contribution in [0.4, 0.5) is 11.6 Å². The summed E-state index contributed by atoms with van der Waals surface area (Å²) in [5, 5.41) is 5.41. The smallest absolute Gasteiger partial charge is 0.227 e. The summed E-state index contributed by atoms with van der Waals surface area (Å²) in [5.41, 5.74) is 1.40. The van der Waals surface area contributed by atoms with Crippen LogP contribution < -0.4 is 5.32 Å². The topological polar surface area (TPSA) is 54.9 Å². The number of nitrogens with one attached hydrogen (secondary N) is 1. The Labute approximate surface area is 110 Å². The number of rotatable bonds is 3. The molecule has 0 aliphatic rings. The number of nitrogens with zero attached hydrogens (tertiary/aromatic N) is 2. The van der Waals surface area contributed by atoms with Crippen LogP contribution in [0.25, 0.3) is 10.8 Å². The van der Waals surface area contributed by atoms with E-state index in [1.807, 2.05) is 30.3 Å². The number of hydrogen-bond donors (Lipinski definition) is 1. The van der Waals surface area contributed by atoms with Gasteiger partial charge in [-0.3, -0.25) is 4.79 Å². The lowest BCUT2D eigenvalue weighted by Crippen LogP contribution is -1.98. The Hall–Kier alpha value is -2.75. The number of carbonyl (C=O) groups is 1. The molecule has 4 heteroatoms. The quantitative estimate of drug-likeness (QED) is 0.724. The minimum atomic E-state index is 0.462. The molecule has 4 nitrogen and oxygen atoms in total. The average molecular weight is 249 g/mol. The summed E-state index contributed by atoms with van der Waals surface area (Å²) in [5.74, 6) is 0.474. The van der Waals surface area contributed by atoms with E-state index in [2.05, 4.69) is 27.4 Å². The Morgan fingerprint density at radius 1 is 0.947 bits per heavy atom. The van der Waals surface area contributed by atoms with Crippen molar-refractivity contribution >= 4 is 28.7 Å². The van der Waals surface area contributed by atoms with Crippen molar-refractivity contribution in [2.45, 2.75) is 0 Å². The van der Waals surface area contributed by atoms with Gasteiger partial charge in [0.25, 0.3) is 0 Å². The standard InChI is InChI=1S/C15H11N3O/c19-10-11-8-16-15(17-9-11)18-14-7-3-5-12-4-1-2-6-13(12)14/h1-10H,(H,16,17,18). The normalized spacial score (nSPS) is 10.3. The fourth-order valence-corrected chi connectivity index (χ4v) is 1.92. The minimum absolute atomic E-state index is 0.462. The summed E-state index contributed by atoms with van der Waals surface area (Å²) in [6.45, 7) is 0. The molecule has 19 heavy (non-hydrogen) atoms. The van der Waals surface area contributed by atoms with Crippen LogP contribution in [0, 0.1) is 0 Å². The molecule has 3 aromatic rings. The first-order valence-electron chi connectivity index (χ1n) is 5.89. The Balaban J connectivity index is 1.98. The number of carbonyl (C=O) groups excluding carboxylic acids is 1. The molecule has 0 atom stereocenters. The van der Waals surface area contributed by atoms with Crippen molar-refractivity contribution in [3.8, 4) is 0 Å². The number of aromatic nitrogens is 2. The van der Waals surface area contributed by atoms with E-state index in [9.17, 15) is 4.79 Å². The molecule has 0 unspecified atom stereocenters. The second-order valence-corrected chi connectivity index (χ2v) is 4.11. The van der Waals surface area contributed by atoms with Gasteiger partial charge in [-0.05, 0) is 11.5 Å². The van der Waals surface area contributed by atoms with Gasteiger partial charge in [-0.2, -0.15) is 0 Å². The van der Waals surface area contributed by atoms with Crippen LogP contribution in [0.1, 0.15) is 10.4 Å². The first-order chi connectivity index (χ1) is 9.36. The Bertz CT molecular complexity index is 718. The highest BCUT2D eigenvalue weighted by Crippen LogP contribution is 2.24. The lowest BCUT2D eigenvalue weighted by atomic mass is 10.1. The number of benzene rings is 2. The highest BCUT2D eigenvalue weighted by molar-refractivity contribution is 5.94. The zero-order valence-electron chi connectivity index (χ0n) is 10.1. The molecule has 0 bridgehead atoms. The lowest BCUT2D eigenvalue weighted by molar-refractivity contribution is 0.112. The van der Waals surface area contributed by atoms with Crippen molar-refractivity contribution in [3.05, 3.63) is 60.4 Å². The van der Waals surface area contributed by atoms with Gasteiger partial charge in [0.2, 0.25) is 5.95 Å². The van der Waals surface area contributed by atoms with Gasteiger partial charge in [0.15, 0.2) is 6.29 Å². The van der Waals surface area contributed by atoms with Crippen LogP contribution in [-0.4, -0.2) is 16.3 Å². The van der Waals surface area contributed by atoms with Crippen molar-refractivity contribution in [1.82, 2.24) is 9.97 Å². The van der Waals surface area contributed by atoms with Gasteiger partial charge in [0.05, 0.1) is 5.56 Å². The van der Waals surface area contributed by atoms with E-state index in [1.165, 1.54) is 12.4 Å². The Kier molecular flexibility index (Phi) is 2.90. The summed E-state index contributed by atoms with van der Waals surface area (Å²) in [7, 11) is 0. The molecule has 2 aromatic carbocycles. The predicted molar refractivity (Wildman–Crippen MR) is 74.7 cm³/mol. The third kappa shape index (κ3) is 2.28. The van der Waals surface area contributed by atoms with Crippen LogP contribution in [0.15, 0.2) is 54.9 Å². The molecule has 1 aromatic heterocycles. The van der Waals surface area contributed by atoms with Crippen LogP contribution in [-0.2, 0) is 0 Å². The van der Waals surface area contributed by atoms with Gasteiger partial charge in [0.1, 0.15) is 0 Å². The van der Waals surface area contributed by atoms with Crippen molar-refractivity contribution in [2.24, 2.45) is 0 Å². The molecule has 92 valence electrons.